The summed E-state index contributed by atoms with van der Waals surface area (Å²) in [5.41, 5.74) is 0. The zero-order valence-corrected chi connectivity index (χ0v) is 17.1. The van der Waals surface area contributed by atoms with Crippen molar-refractivity contribution in [3.8, 4) is 0 Å². The van der Waals surface area contributed by atoms with Crippen LogP contribution in [-0.2, 0) is 4.74 Å². The number of guanidine groups is 1. The van der Waals surface area contributed by atoms with Gasteiger partial charge in [0.15, 0.2) is 5.96 Å². The van der Waals surface area contributed by atoms with Gasteiger partial charge in [-0.15, -0.1) is 24.0 Å². The van der Waals surface area contributed by atoms with Crippen molar-refractivity contribution in [3.63, 3.8) is 0 Å². The highest BCUT2D eigenvalue weighted by molar-refractivity contribution is 14.0. The lowest BCUT2D eigenvalue weighted by molar-refractivity contribution is 0.146. The number of hydrogen-bond donors (Lipinski definition) is 3. The third kappa shape index (κ3) is 13.0. The topological polar surface area (TPSA) is 74.8 Å². The SMILES string of the molecule is CCOC(=O)NC(CNC(=NC)NCC(C)C)CC(C)C.I. The summed E-state index contributed by atoms with van der Waals surface area (Å²) in [6.07, 6.45) is 0.516. The second-order valence-electron chi connectivity index (χ2n) is 5.92. The molecule has 0 bridgehead atoms. The Morgan fingerprint density at radius 3 is 2.14 bits per heavy atom. The molecule has 0 aliphatic rings. The van der Waals surface area contributed by atoms with Crippen LogP contribution < -0.4 is 16.0 Å². The van der Waals surface area contributed by atoms with Crippen molar-refractivity contribution in [2.24, 2.45) is 16.8 Å². The van der Waals surface area contributed by atoms with E-state index < -0.39 is 0 Å². The smallest absolute Gasteiger partial charge is 0.407 e. The van der Waals surface area contributed by atoms with E-state index >= 15 is 0 Å². The van der Waals surface area contributed by atoms with Gasteiger partial charge in [-0.3, -0.25) is 4.99 Å². The summed E-state index contributed by atoms with van der Waals surface area (Å²) in [5, 5.41) is 9.38. The van der Waals surface area contributed by atoms with Gasteiger partial charge in [-0.1, -0.05) is 27.7 Å². The molecular formula is C15H33IN4O2. The van der Waals surface area contributed by atoms with Gasteiger partial charge in [0.05, 0.1) is 6.61 Å². The summed E-state index contributed by atoms with van der Waals surface area (Å²) in [4.78, 5) is 15.7. The van der Waals surface area contributed by atoms with Crippen LogP contribution >= 0.6 is 24.0 Å². The molecule has 3 N–H and O–H groups in total. The van der Waals surface area contributed by atoms with E-state index in [9.17, 15) is 4.79 Å². The number of amides is 1. The summed E-state index contributed by atoms with van der Waals surface area (Å²) in [7, 11) is 1.74. The van der Waals surface area contributed by atoms with E-state index in [0.29, 0.717) is 25.0 Å². The lowest BCUT2D eigenvalue weighted by Crippen LogP contribution is -2.48. The van der Waals surface area contributed by atoms with E-state index in [0.717, 1.165) is 18.9 Å². The van der Waals surface area contributed by atoms with Crippen LogP contribution in [0.15, 0.2) is 4.99 Å². The quantitative estimate of drug-likeness (QED) is 0.316. The zero-order valence-electron chi connectivity index (χ0n) is 14.7. The minimum absolute atomic E-state index is 0. The Balaban J connectivity index is 0. The highest BCUT2D eigenvalue weighted by atomic mass is 127. The molecule has 1 unspecified atom stereocenters. The number of alkyl carbamates (subject to hydrolysis) is 1. The molecule has 0 heterocycles. The Labute approximate surface area is 152 Å². The Morgan fingerprint density at radius 2 is 1.68 bits per heavy atom. The molecule has 0 rings (SSSR count). The van der Waals surface area contributed by atoms with Crippen LogP contribution in [0, 0.1) is 11.8 Å². The number of hydrogen-bond acceptors (Lipinski definition) is 3. The number of ether oxygens (including phenoxy) is 1. The van der Waals surface area contributed by atoms with Gasteiger partial charge in [0.1, 0.15) is 0 Å². The van der Waals surface area contributed by atoms with Crippen molar-refractivity contribution in [1.82, 2.24) is 16.0 Å². The van der Waals surface area contributed by atoms with Gasteiger partial charge in [0, 0.05) is 26.2 Å². The third-order valence-corrected chi connectivity index (χ3v) is 2.77. The fraction of sp³-hybridized carbons (Fsp3) is 0.867. The van der Waals surface area contributed by atoms with Gasteiger partial charge in [-0.05, 0) is 25.2 Å². The van der Waals surface area contributed by atoms with Crippen molar-refractivity contribution in [2.75, 3.05) is 26.7 Å². The monoisotopic (exact) mass is 428 g/mol. The number of nitrogens with zero attached hydrogens (tertiary/aromatic N) is 1. The van der Waals surface area contributed by atoms with Gasteiger partial charge >= 0.3 is 6.09 Å². The molecular weight excluding hydrogens is 395 g/mol. The number of nitrogens with one attached hydrogen (secondary N) is 3. The molecule has 0 radical (unpaired) electrons. The van der Waals surface area contributed by atoms with E-state index in [-0.39, 0.29) is 36.1 Å². The van der Waals surface area contributed by atoms with Crippen molar-refractivity contribution in [2.45, 2.75) is 47.1 Å². The van der Waals surface area contributed by atoms with E-state index in [1.54, 1.807) is 14.0 Å². The molecule has 1 atom stereocenters. The highest BCUT2D eigenvalue weighted by Crippen LogP contribution is 2.04. The molecule has 22 heavy (non-hydrogen) atoms. The predicted molar refractivity (Wildman–Crippen MR) is 103 cm³/mol. The normalized spacial score (nSPS) is 12.6. The summed E-state index contributed by atoms with van der Waals surface area (Å²) in [6, 6.07) is 0.0154. The lowest BCUT2D eigenvalue weighted by atomic mass is 10.0. The molecule has 7 heteroatoms. The Bertz CT molecular complexity index is 323. The number of halogens is 1. The Hall–Kier alpha value is -0.730. The first-order valence-corrected chi connectivity index (χ1v) is 7.76. The van der Waals surface area contributed by atoms with E-state index in [2.05, 4.69) is 48.6 Å². The summed E-state index contributed by atoms with van der Waals surface area (Å²) in [6.45, 7) is 12.2. The van der Waals surface area contributed by atoms with Crippen LogP contribution in [-0.4, -0.2) is 44.8 Å². The molecule has 132 valence electrons. The number of aliphatic imine (C=N–C) groups is 1. The van der Waals surface area contributed by atoms with E-state index in [4.69, 9.17) is 4.74 Å². The Kier molecular flexibility index (Phi) is 14.9. The fourth-order valence-corrected chi connectivity index (χ4v) is 1.84. The molecule has 0 saturated carbocycles. The number of carbonyl (C=O) groups excluding carboxylic acids is 1. The minimum atomic E-state index is -0.366. The predicted octanol–water partition coefficient (Wildman–Crippen LogP) is 2.59. The van der Waals surface area contributed by atoms with Gasteiger partial charge in [-0.25, -0.2) is 4.79 Å². The lowest BCUT2D eigenvalue weighted by Gasteiger charge is -2.22. The molecule has 0 saturated heterocycles. The van der Waals surface area contributed by atoms with Crippen molar-refractivity contribution < 1.29 is 9.53 Å². The van der Waals surface area contributed by atoms with Gasteiger partial charge in [0.25, 0.3) is 0 Å². The average molecular weight is 428 g/mol. The average Bonchev–Trinajstić information content (AvgIpc) is 2.37. The second-order valence-corrected chi connectivity index (χ2v) is 5.92. The largest absolute Gasteiger partial charge is 0.450 e. The summed E-state index contributed by atoms with van der Waals surface area (Å²) < 4.78 is 4.94. The molecule has 0 aromatic rings. The molecule has 0 aromatic carbocycles. The molecule has 0 aliphatic carbocycles. The van der Waals surface area contributed by atoms with E-state index in [1.165, 1.54) is 0 Å². The van der Waals surface area contributed by atoms with Crippen LogP contribution in [0.2, 0.25) is 0 Å². The van der Waals surface area contributed by atoms with Crippen LogP contribution in [0.4, 0.5) is 4.79 Å². The van der Waals surface area contributed by atoms with Crippen molar-refractivity contribution in [1.29, 1.82) is 0 Å². The molecule has 0 aliphatic heterocycles. The van der Waals surface area contributed by atoms with Crippen molar-refractivity contribution in [3.05, 3.63) is 0 Å². The fourth-order valence-electron chi connectivity index (χ4n) is 1.84. The summed E-state index contributed by atoms with van der Waals surface area (Å²) >= 11 is 0. The van der Waals surface area contributed by atoms with Crippen LogP contribution in [0.5, 0.6) is 0 Å². The number of rotatable bonds is 8. The van der Waals surface area contributed by atoms with Crippen LogP contribution in [0.25, 0.3) is 0 Å². The molecule has 0 spiro atoms. The van der Waals surface area contributed by atoms with Gasteiger partial charge in [-0.2, -0.15) is 0 Å². The van der Waals surface area contributed by atoms with E-state index in [1.807, 2.05) is 0 Å². The highest BCUT2D eigenvalue weighted by Gasteiger charge is 2.15. The van der Waals surface area contributed by atoms with Crippen LogP contribution in [0.1, 0.15) is 41.0 Å². The number of carbonyl (C=O) groups is 1. The maximum Gasteiger partial charge on any atom is 0.407 e. The first-order chi connectivity index (χ1) is 9.88. The van der Waals surface area contributed by atoms with Gasteiger partial charge in [0.2, 0.25) is 0 Å². The van der Waals surface area contributed by atoms with Crippen LogP contribution in [0.3, 0.4) is 0 Å². The zero-order chi connectivity index (χ0) is 16.3. The minimum Gasteiger partial charge on any atom is -0.450 e. The first kappa shape index (κ1) is 23.5. The first-order valence-electron chi connectivity index (χ1n) is 7.76. The second kappa shape index (κ2) is 13.9. The standard InChI is InChI=1S/C15H32N4O2.HI/c1-7-21-15(20)19-13(8-11(2)3)10-18-14(16-6)17-9-12(4)5;/h11-13H,7-10H2,1-6H3,(H,19,20)(H2,16,17,18);1H. The Morgan fingerprint density at radius 1 is 1.09 bits per heavy atom. The third-order valence-electron chi connectivity index (χ3n) is 2.77. The maximum atomic E-state index is 11.6. The summed E-state index contributed by atoms with van der Waals surface area (Å²) in [5.74, 6) is 1.79. The molecule has 0 fully saturated rings. The van der Waals surface area contributed by atoms with Gasteiger partial charge < -0.3 is 20.7 Å². The maximum absolute atomic E-state index is 11.6. The molecule has 6 nitrogen and oxygen atoms in total. The molecule has 0 aromatic heterocycles. The van der Waals surface area contributed by atoms with Crippen molar-refractivity contribution >= 4 is 36.0 Å². The molecule has 1 amide bonds.